The molecule has 1 saturated heterocycles. The summed E-state index contributed by atoms with van der Waals surface area (Å²) in [5.41, 5.74) is 0.381. The van der Waals surface area contributed by atoms with E-state index in [0.29, 0.717) is 29.7 Å². The lowest BCUT2D eigenvalue weighted by Gasteiger charge is -2.15. The quantitative estimate of drug-likeness (QED) is 0.813. The molecular weight excluding hydrogens is 372 g/mol. The molecule has 2 heterocycles. The number of amides is 1. The van der Waals surface area contributed by atoms with Crippen molar-refractivity contribution >= 4 is 32.4 Å². The van der Waals surface area contributed by atoms with Crippen molar-refractivity contribution in [2.24, 2.45) is 5.92 Å². The third kappa shape index (κ3) is 4.28. The third-order valence-electron chi connectivity index (χ3n) is 4.09. The number of hydrogen-bond acceptors (Lipinski definition) is 6. The van der Waals surface area contributed by atoms with E-state index < -0.39 is 10.0 Å². The molecule has 1 aliphatic rings. The Hall–Kier alpha value is -1.84. The highest BCUT2D eigenvalue weighted by molar-refractivity contribution is 7.89. The zero-order valence-electron chi connectivity index (χ0n) is 14.8. The highest BCUT2D eigenvalue weighted by Gasteiger charge is 2.27. The lowest BCUT2D eigenvalue weighted by atomic mass is 10.1. The van der Waals surface area contributed by atoms with Gasteiger partial charge < -0.3 is 0 Å². The molecule has 7 nitrogen and oxygen atoms in total. The van der Waals surface area contributed by atoms with E-state index in [1.807, 2.05) is 0 Å². The van der Waals surface area contributed by atoms with E-state index in [9.17, 15) is 13.2 Å². The van der Waals surface area contributed by atoms with Crippen LogP contribution in [0, 0.1) is 5.92 Å². The molecule has 0 radical (unpaired) electrons. The van der Waals surface area contributed by atoms with Gasteiger partial charge in [0, 0.05) is 25.1 Å². The van der Waals surface area contributed by atoms with Crippen molar-refractivity contribution in [1.29, 1.82) is 0 Å². The van der Waals surface area contributed by atoms with Gasteiger partial charge in [-0.15, -0.1) is 10.2 Å². The van der Waals surface area contributed by atoms with Crippen LogP contribution in [0.25, 0.3) is 0 Å². The number of carbonyl (C=O) groups is 1. The summed E-state index contributed by atoms with van der Waals surface area (Å²) < 4.78 is 26.5. The molecule has 1 amide bonds. The maximum atomic E-state index is 12.5. The van der Waals surface area contributed by atoms with Crippen molar-refractivity contribution in [3.63, 3.8) is 0 Å². The smallest absolute Gasteiger partial charge is 0.257 e. The van der Waals surface area contributed by atoms with Gasteiger partial charge >= 0.3 is 0 Å². The first-order chi connectivity index (χ1) is 12.4. The zero-order valence-corrected chi connectivity index (χ0v) is 16.4. The maximum absolute atomic E-state index is 12.5. The summed E-state index contributed by atoms with van der Waals surface area (Å²) in [7, 11) is -3.47. The van der Waals surface area contributed by atoms with Gasteiger partial charge in [-0.1, -0.05) is 25.2 Å². The topological polar surface area (TPSA) is 92.3 Å². The average Bonchev–Trinajstić information content (AvgIpc) is 3.27. The van der Waals surface area contributed by atoms with E-state index in [1.165, 1.54) is 39.9 Å². The Morgan fingerprint density at radius 1 is 1.19 bits per heavy atom. The van der Waals surface area contributed by atoms with Gasteiger partial charge in [0.05, 0.1) is 4.90 Å². The van der Waals surface area contributed by atoms with Gasteiger partial charge in [-0.25, -0.2) is 8.42 Å². The predicted octanol–water partition coefficient (Wildman–Crippen LogP) is 2.77. The van der Waals surface area contributed by atoms with E-state index in [2.05, 4.69) is 29.4 Å². The van der Waals surface area contributed by atoms with Crippen LogP contribution in [-0.2, 0) is 16.4 Å². The SMILES string of the molecule is CC(C)Cc1nnc(NC(=O)c2ccc(S(=O)(=O)N3CCCC3)cc2)s1. The molecule has 26 heavy (non-hydrogen) atoms. The second-order valence-electron chi connectivity index (χ2n) is 6.69. The summed E-state index contributed by atoms with van der Waals surface area (Å²) in [5.74, 6) is 0.138. The second-order valence-corrected chi connectivity index (χ2v) is 9.69. The van der Waals surface area contributed by atoms with Crippen LogP contribution >= 0.6 is 11.3 Å². The first-order valence-corrected chi connectivity index (χ1v) is 10.9. The van der Waals surface area contributed by atoms with E-state index in [0.717, 1.165) is 24.3 Å². The molecule has 1 aliphatic heterocycles. The van der Waals surface area contributed by atoms with Crippen LogP contribution < -0.4 is 5.32 Å². The lowest BCUT2D eigenvalue weighted by molar-refractivity contribution is 0.102. The lowest BCUT2D eigenvalue weighted by Crippen LogP contribution is -2.27. The standard InChI is InChI=1S/C17H22N4O3S2/c1-12(2)11-15-19-20-17(25-15)18-16(22)13-5-7-14(8-6-13)26(23,24)21-9-3-4-10-21/h5-8,12H,3-4,9-11H2,1-2H3,(H,18,20,22). The summed E-state index contributed by atoms with van der Waals surface area (Å²) in [6.45, 7) is 5.30. The maximum Gasteiger partial charge on any atom is 0.257 e. The first-order valence-electron chi connectivity index (χ1n) is 8.60. The van der Waals surface area contributed by atoms with Gasteiger partial charge in [0.2, 0.25) is 15.2 Å². The fraction of sp³-hybridized carbons (Fsp3) is 0.471. The van der Waals surface area contributed by atoms with Crippen LogP contribution in [0.5, 0.6) is 0 Å². The Morgan fingerprint density at radius 2 is 1.85 bits per heavy atom. The average molecular weight is 395 g/mol. The fourth-order valence-electron chi connectivity index (χ4n) is 2.76. The number of anilines is 1. The second kappa shape index (κ2) is 7.81. The molecule has 0 atom stereocenters. The first kappa shape index (κ1) is 18.9. The molecule has 0 aliphatic carbocycles. The molecular formula is C17H22N4O3S2. The predicted molar refractivity (Wildman–Crippen MR) is 101 cm³/mol. The summed E-state index contributed by atoms with van der Waals surface area (Å²) in [5, 5.41) is 12.1. The molecule has 9 heteroatoms. The number of sulfonamides is 1. The van der Waals surface area contributed by atoms with Gasteiger partial charge in [0.1, 0.15) is 5.01 Å². The summed E-state index contributed by atoms with van der Waals surface area (Å²) in [6, 6.07) is 6.00. The van der Waals surface area contributed by atoms with Crippen LogP contribution in [0.15, 0.2) is 29.2 Å². The minimum Gasteiger partial charge on any atom is -0.296 e. The summed E-state index contributed by atoms with van der Waals surface area (Å²) >= 11 is 1.35. The monoisotopic (exact) mass is 394 g/mol. The molecule has 2 aromatic rings. The van der Waals surface area contributed by atoms with Crippen molar-refractivity contribution in [3.05, 3.63) is 34.8 Å². The number of hydrogen-bond donors (Lipinski definition) is 1. The molecule has 1 aromatic carbocycles. The molecule has 0 unspecified atom stereocenters. The summed E-state index contributed by atoms with van der Waals surface area (Å²) in [6.07, 6.45) is 2.59. The van der Waals surface area contributed by atoms with Gasteiger partial charge in [0.15, 0.2) is 0 Å². The Labute approximate surface area is 157 Å². The largest absolute Gasteiger partial charge is 0.296 e. The Bertz CT molecular complexity index is 870. The zero-order chi connectivity index (χ0) is 18.7. The number of benzene rings is 1. The number of nitrogens with one attached hydrogen (secondary N) is 1. The molecule has 3 rings (SSSR count). The van der Waals surface area contributed by atoms with Crippen LogP contribution in [-0.4, -0.2) is 41.9 Å². The van der Waals surface area contributed by atoms with Gasteiger partial charge in [-0.3, -0.25) is 10.1 Å². The van der Waals surface area contributed by atoms with Gasteiger partial charge in [-0.05, 0) is 43.0 Å². The van der Waals surface area contributed by atoms with Gasteiger partial charge in [0.25, 0.3) is 5.91 Å². The van der Waals surface area contributed by atoms with E-state index in [-0.39, 0.29) is 10.8 Å². The third-order valence-corrected chi connectivity index (χ3v) is 6.86. The number of rotatable bonds is 6. The highest BCUT2D eigenvalue weighted by Crippen LogP contribution is 2.22. The minimum absolute atomic E-state index is 0.214. The van der Waals surface area contributed by atoms with Crippen molar-refractivity contribution in [1.82, 2.24) is 14.5 Å². The van der Waals surface area contributed by atoms with Crippen LogP contribution in [0.4, 0.5) is 5.13 Å². The van der Waals surface area contributed by atoms with E-state index in [1.54, 1.807) is 0 Å². The van der Waals surface area contributed by atoms with Crippen molar-refractivity contribution in [2.75, 3.05) is 18.4 Å². The van der Waals surface area contributed by atoms with E-state index >= 15 is 0 Å². The fourth-order valence-corrected chi connectivity index (χ4v) is 5.22. The molecule has 140 valence electrons. The van der Waals surface area contributed by atoms with Gasteiger partial charge in [-0.2, -0.15) is 4.31 Å². The van der Waals surface area contributed by atoms with Crippen LogP contribution in [0.1, 0.15) is 42.1 Å². The molecule has 0 bridgehead atoms. The van der Waals surface area contributed by atoms with E-state index in [4.69, 9.17) is 0 Å². The normalized spacial score (nSPS) is 15.5. The number of nitrogens with zero attached hydrogens (tertiary/aromatic N) is 3. The molecule has 0 saturated carbocycles. The van der Waals surface area contributed by atoms with Crippen LogP contribution in [0.3, 0.4) is 0 Å². The summed E-state index contributed by atoms with van der Waals surface area (Å²) in [4.78, 5) is 12.5. The van der Waals surface area contributed by atoms with Crippen molar-refractivity contribution in [3.8, 4) is 0 Å². The van der Waals surface area contributed by atoms with Crippen molar-refractivity contribution in [2.45, 2.75) is 38.0 Å². The Morgan fingerprint density at radius 3 is 2.46 bits per heavy atom. The van der Waals surface area contributed by atoms with Crippen molar-refractivity contribution < 1.29 is 13.2 Å². The molecule has 1 N–H and O–H groups in total. The number of aromatic nitrogens is 2. The molecule has 1 aromatic heterocycles. The molecule has 1 fully saturated rings. The minimum atomic E-state index is -3.47. The Balaban J connectivity index is 1.68. The molecule has 0 spiro atoms. The Kier molecular flexibility index (Phi) is 5.69. The highest BCUT2D eigenvalue weighted by atomic mass is 32.2. The van der Waals surface area contributed by atoms with Crippen LogP contribution in [0.2, 0.25) is 0 Å². The number of carbonyl (C=O) groups excluding carboxylic acids is 1.